The number of tetrazole rings is 1. The van der Waals surface area contributed by atoms with E-state index in [2.05, 4.69) is 64.3 Å². The Hall–Kier alpha value is -2.78. The predicted molar refractivity (Wildman–Crippen MR) is 129 cm³/mol. The van der Waals surface area contributed by atoms with Gasteiger partial charge in [-0.25, -0.2) is 13.1 Å². The Balaban J connectivity index is 1.49. The molecule has 1 atom stereocenters. The Kier molecular flexibility index (Phi) is 6.81. The van der Waals surface area contributed by atoms with Gasteiger partial charge in [0.05, 0.1) is 10.9 Å². The summed E-state index contributed by atoms with van der Waals surface area (Å²) in [7, 11) is -3.55. The van der Waals surface area contributed by atoms with Crippen molar-refractivity contribution in [3.63, 3.8) is 0 Å². The van der Waals surface area contributed by atoms with Gasteiger partial charge in [-0.1, -0.05) is 36.8 Å². The number of hydrogen-bond acceptors (Lipinski definition) is 7. The quantitative estimate of drug-likeness (QED) is 0.526. The van der Waals surface area contributed by atoms with Crippen LogP contribution in [0.3, 0.4) is 0 Å². The minimum absolute atomic E-state index is 0.0334. The Morgan fingerprint density at radius 3 is 2.33 bits per heavy atom. The van der Waals surface area contributed by atoms with Crippen LogP contribution in [-0.4, -0.2) is 59.7 Å². The van der Waals surface area contributed by atoms with Crippen molar-refractivity contribution in [2.45, 2.75) is 50.9 Å². The number of nitrogens with zero attached hydrogens (tertiary/aromatic N) is 6. The van der Waals surface area contributed by atoms with E-state index in [-0.39, 0.29) is 16.8 Å². The molecule has 1 fully saturated rings. The standard InChI is InChI=1S/C24H32N6O2S/c1-5-22(28-13-15-29(16-14-28)23-8-6-7-19(3)20(23)4)24-25-26-27-30(24)17-33(31,32)21-11-9-18(2)10-12-21/h6-12,22H,5,13-17H2,1-4H3/t22-/m1/s1. The maximum atomic E-state index is 13.0. The fourth-order valence-electron chi connectivity index (χ4n) is 4.48. The highest BCUT2D eigenvalue weighted by atomic mass is 32.2. The van der Waals surface area contributed by atoms with Crippen molar-refractivity contribution < 1.29 is 8.42 Å². The summed E-state index contributed by atoms with van der Waals surface area (Å²) in [5.74, 6) is 0.338. The summed E-state index contributed by atoms with van der Waals surface area (Å²) in [5.41, 5.74) is 4.93. The van der Waals surface area contributed by atoms with E-state index in [1.54, 1.807) is 24.3 Å². The summed E-state index contributed by atoms with van der Waals surface area (Å²) in [4.78, 5) is 5.07. The number of anilines is 1. The van der Waals surface area contributed by atoms with Crippen LogP contribution in [0.5, 0.6) is 0 Å². The van der Waals surface area contributed by atoms with E-state index in [4.69, 9.17) is 0 Å². The molecule has 0 saturated carbocycles. The van der Waals surface area contributed by atoms with Crippen LogP contribution in [-0.2, 0) is 15.7 Å². The molecule has 2 heterocycles. The average molecular weight is 469 g/mol. The summed E-state index contributed by atoms with van der Waals surface area (Å²) in [6.07, 6.45) is 0.800. The normalized spacial score (nSPS) is 16.2. The van der Waals surface area contributed by atoms with Crippen LogP contribution in [0.25, 0.3) is 0 Å². The van der Waals surface area contributed by atoms with Gasteiger partial charge in [0.1, 0.15) is 0 Å². The first-order chi connectivity index (χ1) is 15.8. The van der Waals surface area contributed by atoms with Crippen LogP contribution >= 0.6 is 0 Å². The lowest BCUT2D eigenvalue weighted by Gasteiger charge is -2.40. The molecule has 1 aromatic heterocycles. The van der Waals surface area contributed by atoms with E-state index >= 15 is 0 Å². The van der Waals surface area contributed by atoms with E-state index in [0.29, 0.717) is 5.82 Å². The molecule has 2 aromatic carbocycles. The average Bonchev–Trinajstić information content (AvgIpc) is 3.24. The maximum absolute atomic E-state index is 13.0. The molecule has 0 N–H and O–H groups in total. The Morgan fingerprint density at radius 2 is 1.67 bits per heavy atom. The number of sulfone groups is 1. The van der Waals surface area contributed by atoms with Crippen molar-refractivity contribution in [3.05, 3.63) is 65.0 Å². The molecule has 1 saturated heterocycles. The minimum Gasteiger partial charge on any atom is -0.369 e. The van der Waals surface area contributed by atoms with Crippen molar-refractivity contribution in [1.82, 2.24) is 25.1 Å². The molecule has 0 amide bonds. The van der Waals surface area contributed by atoms with Crippen LogP contribution in [0.1, 0.15) is 41.9 Å². The third-order valence-corrected chi connectivity index (χ3v) is 8.16. The number of hydrogen-bond donors (Lipinski definition) is 0. The van der Waals surface area contributed by atoms with E-state index in [1.807, 2.05) is 6.92 Å². The molecule has 0 aliphatic carbocycles. The van der Waals surface area contributed by atoms with Gasteiger partial charge in [0, 0.05) is 31.9 Å². The van der Waals surface area contributed by atoms with Crippen molar-refractivity contribution in [2.24, 2.45) is 0 Å². The van der Waals surface area contributed by atoms with Gasteiger partial charge in [0.15, 0.2) is 21.5 Å². The second-order valence-corrected chi connectivity index (χ2v) is 10.7. The number of aryl methyl sites for hydroxylation is 2. The molecule has 1 aliphatic heterocycles. The third-order valence-electron chi connectivity index (χ3n) is 6.59. The molecule has 9 heteroatoms. The maximum Gasteiger partial charge on any atom is 0.198 e. The monoisotopic (exact) mass is 468 g/mol. The first-order valence-corrected chi connectivity index (χ1v) is 13.1. The van der Waals surface area contributed by atoms with Gasteiger partial charge in [-0.15, -0.1) is 5.10 Å². The van der Waals surface area contributed by atoms with Gasteiger partial charge in [0.2, 0.25) is 0 Å². The Morgan fingerprint density at radius 1 is 0.970 bits per heavy atom. The van der Waals surface area contributed by atoms with Gasteiger partial charge < -0.3 is 4.90 Å². The number of rotatable bonds is 7. The summed E-state index contributed by atoms with van der Waals surface area (Å²) in [5, 5.41) is 12.1. The van der Waals surface area contributed by atoms with Gasteiger partial charge in [-0.3, -0.25) is 4.90 Å². The van der Waals surface area contributed by atoms with Gasteiger partial charge in [0.25, 0.3) is 0 Å². The minimum atomic E-state index is -3.55. The topological polar surface area (TPSA) is 84.2 Å². The molecule has 3 aromatic rings. The van der Waals surface area contributed by atoms with Crippen LogP contribution in [0.2, 0.25) is 0 Å². The van der Waals surface area contributed by atoms with E-state index in [1.165, 1.54) is 21.5 Å². The highest BCUT2D eigenvalue weighted by Crippen LogP contribution is 2.28. The fraction of sp³-hybridized carbons (Fsp3) is 0.458. The van der Waals surface area contributed by atoms with E-state index < -0.39 is 9.84 Å². The molecule has 0 radical (unpaired) electrons. The van der Waals surface area contributed by atoms with Crippen LogP contribution in [0.4, 0.5) is 5.69 Å². The molecular weight excluding hydrogens is 436 g/mol. The number of aromatic nitrogens is 4. The lowest BCUT2D eigenvalue weighted by Crippen LogP contribution is -2.48. The lowest BCUT2D eigenvalue weighted by molar-refractivity contribution is 0.170. The molecule has 0 unspecified atom stereocenters. The van der Waals surface area contributed by atoms with Crippen molar-refractivity contribution in [1.29, 1.82) is 0 Å². The highest BCUT2D eigenvalue weighted by molar-refractivity contribution is 7.90. The summed E-state index contributed by atoms with van der Waals surface area (Å²) >= 11 is 0. The summed E-state index contributed by atoms with van der Waals surface area (Å²) in [6, 6.07) is 13.3. The molecule has 1 aliphatic rings. The predicted octanol–water partition coefficient (Wildman–Crippen LogP) is 3.30. The first kappa shape index (κ1) is 23.4. The van der Waals surface area contributed by atoms with Crippen LogP contribution in [0.15, 0.2) is 47.4 Å². The zero-order valence-corrected chi connectivity index (χ0v) is 20.6. The van der Waals surface area contributed by atoms with Crippen LogP contribution in [0, 0.1) is 20.8 Å². The first-order valence-electron chi connectivity index (χ1n) is 11.4. The second-order valence-electron chi connectivity index (χ2n) is 8.76. The Bertz CT molecular complexity index is 1200. The van der Waals surface area contributed by atoms with Crippen molar-refractivity contribution in [2.75, 3.05) is 31.1 Å². The lowest BCUT2D eigenvalue weighted by atomic mass is 10.1. The molecule has 4 rings (SSSR count). The van der Waals surface area contributed by atoms with Gasteiger partial charge >= 0.3 is 0 Å². The van der Waals surface area contributed by atoms with Crippen molar-refractivity contribution in [3.8, 4) is 0 Å². The SMILES string of the molecule is CC[C@H](c1nnnn1CS(=O)(=O)c1ccc(C)cc1)N1CCN(c2cccc(C)c2C)CC1. The highest BCUT2D eigenvalue weighted by Gasteiger charge is 2.30. The molecule has 0 bridgehead atoms. The van der Waals surface area contributed by atoms with Gasteiger partial charge in [-0.2, -0.15) is 0 Å². The fourth-order valence-corrected chi connectivity index (χ4v) is 5.69. The second kappa shape index (κ2) is 9.61. The smallest absolute Gasteiger partial charge is 0.198 e. The molecule has 8 nitrogen and oxygen atoms in total. The summed E-state index contributed by atoms with van der Waals surface area (Å²) < 4.78 is 27.4. The van der Waals surface area contributed by atoms with E-state index in [9.17, 15) is 8.42 Å². The van der Waals surface area contributed by atoms with Crippen LogP contribution < -0.4 is 4.90 Å². The molecule has 33 heavy (non-hydrogen) atoms. The zero-order valence-electron chi connectivity index (χ0n) is 19.8. The third kappa shape index (κ3) is 4.94. The summed E-state index contributed by atoms with van der Waals surface area (Å²) in [6.45, 7) is 11.9. The van der Waals surface area contributed by atoms with E-state index in [0.717, 1.165) is 38.2 Å². The largest absolute Gasteiger partial charge is 0.369 e. The molecular formula is C24H32N6O2S. The zero-order chi connectivity index (χ0) is 23.6. The van der Waals surface area contributed by atoms with Crippen molar-refractivity contribution >= 4 is 15.5 Å². The number of benzene rings is 2. The molecule has 176 valence electrons. The molecule has 0 spiro atoms. The Labute approximate surface area is 196 Å². The number of piperazine rings is 1. The van der Waals surface area contributed by atoms with Gasteiger partial charge in [-0.05, 0) is 66.9 Å².